The highest BCUT2D eigenvalue weighted by molar-refractivity contribution is 8.01. The molecule has 2 aliphatic heterocycles. The Hall–Kier alpha value is -4.16. The highest BCUT2D eigenvalue weighted by atomic mass is 32.2. The number of thioether (sulfide) groups is 1. The Labute approximate surface area is 213 Å². The van der Waals surface area contributed by atoms with Crippen molar-refractivity contribution >= 4 is 35.1 Å². The molecule has 2 aliphatic rings. The number of rotatable bonds is 5. The third-order valence-electron chi connectivity index (χ3n) is 6.36. The first kappa shape index (κ1) is 23.6. The van der Waals surface area contributed by atoms with Gasteiger partial charge in [0.05, 0.1) is 38.1 Å². The summed E-state index contributed by atoms with van der Waals surface area (Å²) in [7, 11) is 3.14. The van der Waals surface area contributed by atoms with Crippen LogP contribution >= 0.6 is 11.8 Å². The van der Waals surface area contributed by atoms with Crippen LogP contribution in [0.4, 0.5) is 16.2 Å². The van der Waals surface area contributed by atoms with Crippen LogP contribution in [0.15, 0.2) is 66.7 Å². The molecule has 0 aromatic heterocycles. The Balaban J connectivity index is 1.53. The van der Waals surface area contributed by atoms with E-state index < -0.39 is 4.87 Å². The minimum absolute atomic E-state index is 0.198. The van der Waals surface area contributed by atoms with Crippen LogP contribution in [0.3, 0.4) is 0 Å². The highest BCUT2D eigenvalue weighted by Gasteiger charge is 2.59. The van der Waals surface area contributed by atoms with Gasteiger partial charge in [-0.15, -0.1) is 11.8 Å². The summed E-state index contributed by atoms with van der Waals surface area (Å²) in [6.45, 7) is 0.682. The van der Waals surface area contributed by atoms with Crippen LogP contribution in [-0.2, 0) is 16.2 Å². The largest absolute Gasteiger partial charge is 0.497 e. The number of ether oxygens (including phenoxy) is 2. The fourth-order valence-corrected chi connectivity index (χ4v) is 6.14. The van der Waals surface area contributed by atoms with Gasteiger partial charge in [-0.1, -0.05) is 18.2 Å². The van der Waals surface area contributed by atoms with Gasteiger partial charge in [-0.05, 0) is 48.0 Å². The van der Waals surface area contributed by atoms with Gasteiger partial charge in [0.1, 0.15) is 11.5 Å². The molecule has 8 nitrogen and oxygen atoms in total. The molecule has 1 spiro atoms. The summed E-state index contributed by atoms with van der Waals surface area (Å²) in [4.78, 5) is 29.8. The number of carbonyl (C=O) groups is 2. The van der Waals surface area contributed by atoms with Crippen molar-refractivity contribution in [2.45, 2.75) is 11.4 Å². The Morgan fingerprint density at radius 2 is 1.86 bits per heavy atom. The SMILES string of the molecule is COc1cccc(NC(=O)N2CCSC23C(=O)N(Cc2cccc(C#N)c2)c2ccc(OC)cc23)c1. The maximum atomic E-state index is 14.2. The van der Waals surface area contributed by atoms with Crippen LogP contribution in [0.1, 0.15) is 16.7 Å². The second kappa shape index (κ2) is 9.47. The number of anilines is 2. The van der Waals surface area contributed by atoms with Gasteiger partial charge >= 0.3 is 6.03 Å². The molecular weight excluding hydrogens is 476 g/mol. The lowest BCUT2D eigenvalue weighted by Crippen LogP contribution is -2.51. The first-order valence-corrected chi connectivity index (χ1v) is 12.3. The standard InChI is InChI=1S/C27H24N4O4S/c1-34-21-8-4-7-20(14-21)29-26(33)31-11-12-36-27(31)23-15-22(35-2)9-10-24(23)30(25(27)32)17-19-6-3-5-18(13-19)16-28/h3-10,13-15H,11-12,17H2,1-2H3,(H,29,33). The zero-order valence-electron chi connectivity index (χ0n) is 19.9. The Kier molecular flexibility index (Phi) is 6.20. The summed E-state index contributed by atoms with van der Waals surface area (Å²) in [5.74, 6) is 1.63. The van der Waals surface area contributed by atoms with Crippen LogP contribution in [0.2, 0.25) is 0 Å². The number of nitriles is 1. The molecule has 2 heterocycles. The van der Waals surface area contributed by atoms with Gasteiger partial charge in [0.25, 0.3) is 5.91 Å². The number of hydrogen-bond acceptors (Lipinski definition) is 6. The van der Waals surface area contributed by atoms with Crippen molar-refractivity contribution in [2.24, 2.45) is 0 Å². The molecule has 0 bridgehead atoms. The molecule has 36 heavy (non-hydrogen) atoms. The average molecular weight is 501 g/mol. The van der Waals surface area contributed by atoms with Crippen molar-refractivity contribution < 1.29 is 19.1 Å². The summed E-state index contributed by atoms with van der Waals surface area (Å²) in [5, 5.41) is 12.2. The van der Waals surface area contributed by atoms with Crippen molar-refractivity contribution in [2.75, 3.05) is 36.7 Å². The van der Waals surface area contributed by atoms with Gasteiger partial charge in [0.15, 0.2) is 4.87 Å². The Morgan fingerprint density at radius 1 is 1.08 bits per heavy atom. The summed E-state index contributed by atoms with van der Waals surface area (Å²) < 4.78 is 10.7. The number of carbonyl (C=O) groups excluding carboxylic acids is 2. The van der Waals surface area contributed by atoms with E-state index in [1.165, 1.54) is 11.8 Å². The molecule has 0 saturated carbocycles. The number of amides is 3. The lowest BCUT2D eigenvalue weighted by atomic mass is 10.1. The normalized spacial score (nSPS) is 18.2. The van der Waals surface area contributed by atoms with Gasteiger partial charge in [-0.2, -0.15) is 5.26 Å². The molecule has 1 atom stereocenters. The number of hydrogen-bond donors (Lipinski definition) is 1. The second-order valence-corrected chi connectivity index (χ2v) is 9.68. The lowest BCUT2D eigenvalue weighted by Gasteiger charge is -2.33. The Bertz CT molecular complexity index is 1390. The molecule has 182 valence electrons. The zero-order chi connectivity index (χ0) is 25.3. The van der Waals surface area contributed by atoms with Gasteiger partial charge < -0.3 is 19.7 Å². The quantitative estimate of drug-likeness (QED) is 0.552. The third-order valence-corrected chi connectivity index (χ3v) is 7.78. The van der Waals surface area contributed by atoms with Crippen LogP contribution in [0.25, 0.3) is 0 Å². The van der Waals surface area contributed by atoms with Crippen LogP contribution in [-0.4, -0.2) is 43.4 Å². The predicted molar refractivity (Wildman–Crippen MR) is 138 cm³/mol. The maximum Gasteiger partial charge on any atom is 0.323 e. The molecule has 3 aromatic rings. The van der Waals surface area contributed by atoms with E-state index in [1.807, 2.05) is 24.3 Å². The van der Waals surface area contributed by atoms with E-state index >= 15 is 0 Å². The minimum atomic E-state index is -1.22. The van der Waals surface area contributed by atoms with E-state index in [0.717, 1.165) is 11.3 Å². The van der Waals surface area contributed by atoms with Crippen LogP contribution < -0.4 is 19.7 Å². The van der Waals surface area contributed by atoms with Crippen LogP contribution in [0, 0.1) is 11.3 Å². The molecule has 3 amide bonds. The molecule has 0 radical (unpaired) electrons. The second-order valence-electron chi connectivity index (χ2n) is 8.39. The summed E-state index contributed by atoms with van der Waals surface area (Å²) in [6, 6.07) is 21.6. The first-order valence-electron chi connectivity index (χ1n) is 11.4. The van der Waals surface area contributed by atoms with Crippen molar-refractivity contribution in [1.82, 2.24) is 4.90 Å². The molecule has 1 N–H and O–H groups in total. The zero-order valence-corrected chi connectivity index (χ0v) is 20.7. The number of methoxy groups -OCH3 is 2. The molecule has 0 aliphatic carbocycles. The van der Waals surface area contributed by atoms with Gasteiger partial charge in [-0.25, -0.2) is 4.79 Å². The predicted octanol–water partition coefficient (Wildman–Crippen LogP) is 4.56. The van der Waals surface area contributed by atoms with E-state index in [0.29, 0.717) is 40.6 Å². The lowest BCUT2D eigenvalue weighted by molar-refractivity contribution is -0.123. The van der Waals surface area contributed by atoms with Crippen molar-refractivity contribution in [3.8, 4) is 17.6 Å². The number of nitrogens with one attached hydrogen (secondary N) is 1. The van der Waals surface area contributed by atoms with E-state index in [2.05, 4.69) is 11.4 Å². The molecule has 1 unspecified atom stereocenters. The minimum Gasteiger partial charge on any atom is -0.497 e. The van der Waals surface area contributed by atoms with E-state index in [-0.39, 0.29) is 18.5 Å². The molecular formula is C27H24N4O4S. The summed E-state index contributed by atoms with van der Waals surface area (Å²) in [6.07, 6.45) is 0. The van der Waals surface area contributed by atoms with Crippen molar-refractivity contribution in [3.63, 3.8) is 0 Å². The van der Waals surface area contributed by atoms with Gasteiger partial charge in [0.2, 0.25) is 0 Å². The topological polar surface area (TPSA) is 94.9 Å². The van der Waals surface area contributed by atoms with E-state index in [1.54, 1.807) is 66.5 Å². The van der Waals surface area contributed by atoms with Crippen LogP contribution in [0.5, 0.6) is 11.5 Å². The summed E-state index contributed by atoms with van der Waals surface area (Å²) in [5.41, 5.74) is 3.37. The molecule has 1 fully saturated rings. The Morgan fingerprint density at radius 3 is 2.64 bits per heavy atom. The molecule has 5 rings (SSSR count). The average Bonchev–Trinajstić information content (AvgIpc) is 3.45. The smallest absolute Gasteiger partial charge is 0.323 e. The van der Waals surface area contributed by atoms with Gasteiger partial charge in [-0.3, -0.25) is 9.69 Å². The van der Waals surface area contributed by atoms with Crippen molar-refractivity contribution in [3.05, 3.63) is 83.4 Å². The number of fused-ring (bicyclic) bond motifs is 2. The van der Waals surface area contributed by atoms with E-state index in [4.69, 9.17) is 9.47 Å². The van der Waals surface area contributed by atoms with Crippen molar-refractivity contribution in [1.29, 1.82) is 5.26 Å². The fourth-order valence-electron chi connectivity index (χ4n) is 4.69. The number of nitrogens with zero attached hydrogens (tertiary/aromatic N) is 3. The highest BCUT2D eigenvalue weighted by Crippen LogP contribution is 2.55. The number of benzene rings is 3. The molecule has 9 heteroatoms. The molecule has 1 saturated heterocycles. The third kappa shape index (κ3) is 3.89. The maximum absolute atomic E-state index is 14.2. The number of urea groups is 1. The van der Waals surface area contributed by atoms with Gasteiger partial charge in [0, 0.05) is 29.6 Å². The monoisotopic (exact) mass is 500 g/mol. The van der Waals surface area contributed by atoms with E-state index in [9.17, 15) is 14.9 Å². The first-order chi connectivity index (χ1) is 17.5. The summed E-state index contributed by atoms with van der Waals surface area (Å²) >= 11 is 1.44. The fraction of sp³-hybridized carbons (Fsp3) is 0.222. The molecule has 3 aromatic carbocycles.